The molecule has 82 valence electrons. The molecule has 0 aliphatic heterocycles. The molecule has 0 unspecified atom stereocenters. The van der Waals surface area contributed by atoms with Crippen molar-refractivity contribution in [2.75, 3.05) is 0 Å². The first-order chi connectivity index (χ1) is 7.33. The molecule has 1 nitrogen and oxygen atoms in total. The summed E-state index contributed by atoms with van der Waals surface area (Å²) in [5.74, 6) is 1.96. The largest absolute Gasteiger partial charge is 0.309 e. The van der Waals surface area contributed by atoms with E-state index in [9.17, 15) is 0 Å². The minimum absolute atomic E-state index is 0.797. The van der Waals surface area contributed by atoms with Crippen LogP contribution in [0.3, 0.4) is 0 Å². The molecule has 0 saturated heterocycles. The maximum absolute atomic E-state index is 5.92. The molecule has 1 N–H and O–H groups in total. The lowest BCUT2D eigenvalue weighted by atomic mass is 10.1. The second-order valence-corrected chi connectivity index (χ2v) is 6.59. The van der Waals surface area contributed by atoms with Crippen LogP contribution in [-0.4, -0.2) is 6.04 Å². The van der Waals surface area contributed by atoms with Gasteiger partial charge in [0, 0.05) is 17.5 Å². The molecule has 2 saturated carbocycles. The molecule has 1 aromatic rings. The van der Waals surface area contributed by atoms with Crippen LogP contribution in [0.4, 0.5) is 0 Å². The van der Waals surface area contributed by atoms with Gasteiger partial charge in [0.1, 0.15) is 0 Å². The minimum atomic E-state index is 0.797. The SMILES string of the molecule is Clc1ccc(CNC(C2CC2)C2CC2)s1. The Bertz CT molecular complexity index is 329. The first kappa shape index (κ1) is 10.1. The van der Waals surface area contributed by atoms with Gasteiger partial charge in [-0.3, -0.25) is 0 Å². The smallest absolute Gasteiger partial charge is 0.0931 e. The van der Waals surface area contributed by atoms with Crippen molar-refractivity contribution in [2.45, 2.75) is 38.3 Å². The number of hydrogen-bond donors (Lipinski definition) is 1. The van der Waals surface area contributed by atoms with Crippen molar-refractivity contribution in [3.63, 3.8) is 0 Å². The Balaban J connectivity index is 1.55. The van der Waals surface area contributed by atoms with Gasteiger partial charge in [-0.1, -0.05) is 11.6 Å². The fourth-order valence-corrected chi connectivity index (χ4v) is 3.33. The van der Waals surface area contributed by atoms with Crippen LogP contribution in [0.25, 0.3) is 0 Å². The van der Waals surface area contributed by atoms with Crippen molar-refractivity contribution in [1.82, 2.24) is 5.32 Å². The molecule has 2 aliphatic rings. The summed E-state index contributed by atoms with van der Waals surface area (Å²) < 4.78 is 0.904. The Morgan fingerprint density at radius 1 is 1.27 bits per heavy atom. The maximum Gasteiger partial charge on any atom is 0.0931 e. The molecule has 0 bridgehead atoms. The lowest BCUT2D eigenvalue weighted by molar-refractivity contribution is 0.417. The number of thiophene rings is 1. The van der Waals surface area contributed by atoms with Crippen molar-refractivity contribution in [2.24, 2.45) is 11.8 Å². The van der Waals surface area contributed by atoms with E-state index in [2.05, 4.69) is 11.4 Å². The van der Waals surface area contributed by atoms with Crippen LogP contribution >= 0.6 is 22.9 Å². The molecule has 0 amide bonds. The van der Waals surface area contributed by atoms with Crippen LogP contribution in [0.1, 0.15) is 30.6 Å². The molecule has 0 radical (unpaired) electrons. The monoisotopic (exact) mass is 241 g/mol. The summed E-state index contributed by atoms with van der Waals surface area (Å²) in [6.07, 6.45) is 5.78. The summed E-state index contributed by atoms with van der Waals surface area (Å²) in [4.78, 5) is 1.37. The van der Waals surface area contributed by atoms with Crippen molar-refractivity contribution < 1.29 is 0 Å². The predicted octanol–water partition coefficient (Wildman–Crippen LogP) is 3.68. The first-order valence-electron chi connectivity index (χ1n) is 5.80. The highest BCUT2D eigenvalue weighted by atomic mass is 35.5. The van der Waals surface area contributed by atoms with Crippen LogP contribution < -0.4 is 5.32 Å². The fraction of sp³-hybridized carbons (Fsp3) is 0.667. The van der Waals surface area contributed by atoms with E-state index >= 15 is 0 Å². The molecule has 0 spiro atoms. The van der Waals surface area contributed by atoms with E-state index in [0.29, 0.717) is 0 Å². The average molecular weight is 242 g/mol. The summed E-state index contributed by atoms with van der Waals surface area (Å²) in [5, 5.41) is 3.73. The van der Waals surface area contributed by atoms with Gasteiger partial charge >= 0.3 is 0 Å². The van der Waals surface area contributed by atoms with Crippen molar-refractivity contribution >= 4 is 22.9 Å². The van der Waals surface area contributed by atoms with Crippen LogP contribution in [0.15, 0.2) is 12.1 Å². The summed E-state index contributed by atoms with van der Waals surface area (Å²) in [5.41, 5.74) is 0. The number of rotatable bonds is 5. The van der Waals surface area contributed by atoms with Gasteiger partial charge in [0.05, 0.1) is 4.34 Å². The summed E-state index contributed by atoms with van der Waals surface area (Å²) in [6.45, 7) is 1.01. The highest BCUT2D eigenvalue weighted by Gasteiger charge is 2.40. The van der Waals surface area contributed by atoms with Gasteiger partial charge in [-0.15, -0.1) is 11.3 Å². The van der Waals surface area contributed by atoms with Crippen LogP contribution in [0.5, 0.6) is 0 Å². The zero-order valence-electron chi connectivity index (χ0n) is 8.71. The van der Waals surface area contributed by atoms with Gasteiger partial charge in [0.15, 0.2) is 0 Å². The number of halogens is 1. The van der Waals surface area contributed by atoms with E-state index in [1.165, 1.54) is 30.6 Å². The molecule has 0 atom stereocenters. The van der Waals surface area contributed by atoms with Gasteiger partial charge in [0.2, 0.25) is 0 Å². The van der Waals surface area contributed by atoms with E-state index in [-0.39, 0.29) is 0 Å². The van der Waals surface area contributed by atoms with Gasteiger partial charge in [-0.25, -0.2) is 0 Å². The maximum atomic E-state index is 5.92. The molecular weight excluding hydrogens is 226 g/mol. The van der Waals surface area contributed by atoms with E-state index < -0.39 is 0 Å². The lowest BCUT2D eigenvalue weighted by Crippen LogP contribution is -2.32. The normalized spacial score (nSPS) is 21.2. The summed E-state index contributed by atoms with van der Waals surface area (Å²) in [6, 6.07) is 4.93. The zero-order valence-corrected chi connectivity index (χ0v) is 10.3. The zero-order chi connectivity index (χ0) is 10.3. The standard InChI is InChI=1S/C12H16ClNS/c13-11-6-5-10(15-11)7-14-12(8-1-2-8)9-3-4-9/h5-6,8-9,12,14H,1-4,7H2. The molecule has 1 aromatic heterocycles. The topological polar surface area (TPSA) is 12.0 Å². The molecule has 2 aliphatic carbocycles. The van der Waals surface area contributed by atoms with Gasteiger partial charge in [0.25, 0.3) is 0 Å². The Morgan fingerprint density at radius 2 is 1.93 bits per heavy atom. The van der Waals surface area contributed by atoms with Gasteiger partial charge in [-0.05, 0) is 49.7 Å². The Morgan fingerprint density at radius 3 is 2.40 bits per heavy atom. The van der Waals surface area contributed by atoms with E-state index in [1.807, 2.05) is 6.07 Å². The van der Waals surface area contributed by atoms with E-state index in [0.717, 1.165) is 28.8 Å². The van der Waals surface area contributed by atoms with Crippen molar-refractivity contribution in [1.29, 1.82) is 0 Å². The van der Waals surface area contributed by atoms with E-state index in [4.69, 9.17) is 11.6 Å². The minimum Gasteiger partial charge on any atom is -0.309 e. The Labute approximate surface area is 99.8 Å². The third kappa shape index (κ3) is 2.55. The van der Waals surface area contributed by atoms with Gasteiger partial charge < -0.3 is 5.32 Å². The average Bonchev–Trinajstić information content (AvgIpc) is 3.09. The third-order valence-electron chi connectivity index (χ3n) is 3.40. The molecule has 1 heterocycles. The molecule has 3 rings (SSSR count). The van der Waals surface area contributed by atoms with Gasteiger partial charge in [-0.2, -0.15) is 0 Å². The number of hydrogen-bond acceptors (Lipinski definition) is 2. The highest BCUT2D eigenvalue weighted by molar-refractivity contribution is 7.16. The predicted molar refractivity (Wildman–Crippen MR) is 65.4 cm³/mol. The Hall–Kier alpha value is -0.0500. The van der Waals surface area contributed by atoms with Crippen molar-refractivity contribution in [3.05, 3.63) is 21.3 Å². The fourth-order valence-electron chi connectivity index (χ4n) is 2.29. The highest BCUT2D eigenvalue weighted by Crippen LogP contribution is 2.44. The third-order valence-corrected chi connectivity index (χ3v) is 4.63. The number of nitrogens with one attached hydrogen (secondary N) is 1. The lowest BCUT2D eigenvalue weighted by Gasteiger charge is -2.16. The second-order valence-electron chi connectivity index (χ2n) is 4.79. The summed E-state index contributed by atoms with van der Waals surface area (Å²) >= 11 is 7.61. The second kappa shape index (κ2) is 4.08. The van der Waals surface area contributed by atoms with E-state index in [1.54, 1.807) is 11.3 Å². The molecule has 15 heavy (non-hydrogen) atoms. The summed E-state index contributed by atoms with van der Waals surface area (Å²) in [7, 11) is 0. The first-order valence-corrected chi connectivity index (χ1v) is 7.00. The van der Waals surface area contributed by atoms with Crippen molar-refractivity contribution in [3.8, 4) is 0 Å². The van der Waals surface area contributed by atoms with Crippen LogP contribution in [0, 0.1) is 11.8 Å². The van der Waals surface area contributed by atoms with Crippen LogP contribution in [0.2, 0.25) is 4.34 Å². The molecular formula is C12H16ClNS. The Kier molecular flexibility index (Phi) is 2.75. The molecule has 3 heteroatoms. The molecule has 0 aromatic carbocycles. The molecule has 2 fully saturated rings. The quantitative estimate of drug-likeness (QED) is 0.829. The van der Waals surface area contributed by atoms with Crippen LogP contribution in [-0.2, 0) is 6.54 Å².